The number of hydrogen-bond donors (Lipinski definition) is 2. The van der Waals surface area contributed by atoms with E-state index in [0.29, 0.717) is 11.3 Å². The number of carbonyl (C=O) groups is 1. The SMILES string of the molecule is Cc1cc(C)c(C(=O)Cc2nc(C)ccc2O)c(O)c1. The number of hydrogen-bond acceptors (Lipinski definition) is 4. The van der Waals surface area contributed by atoms with Crippen LogP contribution in [0, 0.1) is 20.8 Å². The monoisotopic (exact) mass is 271 g/mol. The Morgan fingerprint density at radius 2 is 1.80 bits per heavy atom. The minimum atomic E-state index is -0.256. The first-order valence-corrected chi connectivity index (χ1v) is 6.37. The van der Waals surface area contributed by atoms with Crippen LogP contribution >= 0.6 is 0 Å². The highest BCUT2D eigenvalue weighted by molar-refractivity contribution is 6.01. The maximum absolute atomic E-state index is 12.3. The predicted octanol–water partition coefficient (Wildman–Crippen LogP) is 2.84. The summed E-state index contributed by atoms with van der Waals surface area (Å²) in [4.78, 5) is 16.5. The minimum absolute atomic E-state index is 0.00629. The molecule has 4 nitrogen and oxygen atoms in total. The molecule has 2 rings (SSSR count). The summed E-state index contributed by atoms with van der Waals surface area (Å²) in [6.45, 7) is 5.43. The number of benzene rings is 1. The van der Waals surface area contributed by atoms with Crippen molar-refractivity contribution in [3.63, 3.8) is 0 Å². The fraction of sp³-hybridized carbons (Fsp3) is 0.250. The standard InChI is InChI=1S/C16H17NO3/c1-9-6-10(2)16(14(19)7-9)15(20)8-12-13(18)5-4-11(3)17-12/h4-7,18-19H,8H2,1-3H3. The molecule has 0 saturated carbocycles. The lowest BCUT2D eigenvalue weighted by molar-refractivity contribution is 0.0987. The van der Waals surface area contributed by atoms with Gasteiger partial charge in [-0.3, -0.25) is 9.78 Å². The Hall–Kier alpha value is -2.36. The smallest absolute Gasteiger partial charge is 0.172 e. The van der Waals surface area contributed by atoms with Crippen LogP contribution in [-0.2, 0) is 6.42 Å². The number of aryl methyl sites for hydroxylation is 3. The molecular formula is C16H17NO3. The topological polar surface area (TPSA) is 70.4 Å². The zero-order valence-corrected chi connectivity index (χ0v) is 11.8. The summed E-state index contributed by atoms with van der Waals surface area (Å²) in [6, 6.07) is 6.60. The van der Waals surface area contributed by atoms with Crippen molar-refractivity contribution in [1.82, 2.24) is 4.98 Å². The first kappa shape index (κ1) is 14.1. The summed E-state index contributed by atoms with van der Waals surface area (Å²) in [5.74, 6) is -0.291. The van der Waals surface area contributed by atoms with Gasteiger partial charge in [-0.25, -0.2) is 0 Å². The third kappa shape index (κ3) is 2.79. The van der Waals surface area contributed by atoms with Crippen molar-refractivity contribution in [3.05, 3.63) is 52.3 Å². The summed E-state index contributed by atoms with van der Waals surface area (Å²) in [5.41, 5.74) is 2.97. The van der Waals surface area contributed by atoms with Crippen LogP contribution in [0.1, 0.15) is 32.9 Å². The van der Waals surface area contributed by atoms with Crippen molar-refractivity contribution in [2.45, 2.75) is 27.2 Å². The maximum Gasteiger partial charge on any atom is 0.172 e. The van der Waals surface area contributed by atoms with Crippen molar-refractivity contribution >= 4 is 5.78 Å². The van der Waals surface area contributed by atoms with Crippen molar-refractivity contribution in [2.75, 3.05) is 0 Å². The average molecular weight is 271 g/mol. The quantitative estimate of drug-likeness (QED) is 0.842. The third-order valence-corrected chi connectivity index (χ3v) is 3.16. The minimum Gasteiger partial charge on any atom is -0.507 e. The Labute approximate surface area is 117 Å². The molecule has 0 saturated heterocycles. The van der Waals surface area contributed by atoms with Gasteiger partial charge in [-0.15, -0.1) is 0 Å². The second kappa shape index (κ2) is 5.33. The Bertz CT molecular complexity index is 654. The maximum atomic E-state index is 12.3. The van der Waals surface area contributed by atoms with Gasteiger partial charge >= 0.3 is 0 Å². The summed E-state index contributed by atoms with van der Waals surface area (Å²) >= 11 is 0. The van der Waals surface area contributed by atoms with E-state index in [-0.39, 0.29) is 23.7 Å². The number of Topliss-reactive ketones (excluding diaryl/α,β-unsaturated/α-hetero) is 1. The first-order valence-electron chi connectivity index (χ1n) is 6.37. The predicted molar refractivity (Wildman–Crippen MR) is 76.3 cm³/mol. The molecule has 0 unspecified atom stereocenters. The molecule has 0 aliphatic carbocycles. The van der Waals surface area contributed by atoms with Crippen molar-refractivity contribution in [1.29, 1.82) is 0 Å². The number of pyridine rings is 1. The molecule has 0 aliphatic rings. The lowest BCUT2D eigenvalue weighted by Crippen LogP contribution is -2.08. The van der Waals surface area contributed by atoms with Gasteiger partial charge in [0.25, 0.3) is 0 Å². The van der Waals surface area contributed by atoms with Crippen LogP contribution in [0.15, 0.2) is 24.3 Å². The van der Waals surface area contributed by atoms with Gasteiger partial charge in [0, 0.05) is 5.69 Å². The van der Waals surface area contributed by atoms with Crippen LogP contribution in [0.4, 0.5) is 0 Å². The second-order valence-corrected chi connectivity index (χ2v) is 4.99. The number of phenolic OH excluding ortho intramolecular Hbond substituents is 1. The van der Waals surface area contributed by atoms with Crippen molar-refractivity contribution in [2.24, 2.45) is 0 Å². The number of carbonyl (C=O) groups excluding carboxylic acids is 1. The van der Waals surface area contributed by atoms with Crippen molar-refractivity contribution < 1.29 is 15.0 Å². The van der Waals surface area contributed by atoms with Gasteiger partial charge in [0.2, 0.25) is 0 Å². The molecule has 20 heavy (non-hydrogen) atoms. The normalized spacial score (nSPS) is 10.6. The molecule has 0 atom stereocenters. The summed E-state index contributed by atoms with van der Waals surface area (Å²) in [6.07, 6.45) is -0.0367. The molecule has 1 heterocycles. The van der Waals surface area contributed by atoms with Gasteiger partial charge in [-0.1, -0.05) is 6.07 Å². The molecule has 0 fully saturated rings. The van der Waals surface area contributed by atoms with Crippen LogP contribution in [0.3, 0.4) is 0 Å². The molecule has 0 aliphatic heterocycles. The number of aromatic hydroxyl groups is 2. The van der Waals surface area contributed by atoms with Gasteiger partial charge in [-0.05, 0) is 50.1 Å². The van der Waals surface area contributed by atoms with Gasteiger partial charge in [-0.2, -0.15) is 0 Å². The molecule has 2 aromatic rings. The van der Waals surface area contributed by atoms with E-state index in [1.807, 2.05) is 13.0 Å². The van der Waals surface area contributed by atoms with E-state index >= 15 is 0 Å². The fourth-order valence-electron chi connectivity index (χ4n) is 2.28. The number of ketones is 1. The Balaban J connectivity index is 2.36. The van der Waals surface area contributed by atoms with E-state index in [9.17, 15) is 15.0 Å². The largest absolute Gasteiger partial charge is 0.507 e. The van der Waals surface area contributed by atoms with Crippen LogP contribution < -0.4 is 0 Å². The zero-order valence-electron chi connectivity index (χ0n) is 11.8. The van der Waals surface area contributed by atoms with E-state index in [1.165, 1.54) is 6.07 Å². The molecule has 2 N–H and O–H groups in total. The second-order valence-electron chi connectivity index (χ2n) is 4.99. The Morgan fingerprint density at radius 1 is 1.10 bits per heavy atom. The van der Waals surface area contributed by atoms with E-state index < -0.39 is 0 Å². The molecule has 0 spiro atoms. The number of aromatic nitrogens is 1. The Kier molecular flexibility index (Phi) is 3.74. The number of rotatable bonds is 3. The molecular weight excluding hydrogens is 254 g/mol. The van der Waals surface area contributed by atoms with Crippen LogP contribution in [0.2, 0.25) is 0 Å². The van der Waals surface area contributed by atoms with E-state index in [0.717, 1.165) is 16.8 Å². The third-order valence-electron chi connectivity index (χ3n) is 3.16. The summed E-state index contributed by atoms with van der Waals surface area (Å²) in [5, 5.41) is 19.7. The van der Waals surface area contributed by atoms with Crippen LogP contribution in [-0.4, -0.2) is 21.0 Å². The van der Waals surface area contributed by atoms with Gasteiger partial charge in [0.05, 0.1) is 17.7 Å². The Morgan fingerprint density at radius 3 is 2.45 bits per heavy atom. The summed E-state index contributed by atoms with van der Waals surface area (Å²) in [7, 11) is 0. The van der Waals surface area contributed by atoms with Crippen LogP contribution in [0.25, 0.3) is 0 Å². The average Bonchev–Trinajstić information content (AvgIpc) is 2.32. The first-order chi connectivity index (χ1) is 9.38. The highest BCUT2D eigenvalue weighted by Crippen LogP contribution is 2.26. The van der Waals surface area contributed by atoms with E-state index in [2.05, 4.69) is 4.98 Å². The number of phenols is 1. The van der Waals surface area contributed by atoms with Crippen molar-refractivity contribution in [3.8, 4) is 11.5 Å². The molecule has 0 amide bonds. The van der Waals surface area contributed by atoms with Gasteiger partial charge in [0.1, 0.15) is 11.5 Å². The van der Waals surface area contributed by atoms with Gasteiger partial charge in [0.15, 0.2) is 5.78 Å². The highest BCUT2D eigenvalue weighted by atomic mass is 16.3. The molecule has 1 aromatic heterocycles. The lowest BCUT2D eigenvalue weighted by atomic mass is 9.98. The number of nitrogens with zero attached hydrogens (tertiary/aromatic N) is 1. The summed E-state index contributed by atoms with van der Waals surface area (Å²) < 4.78 is 0. The highest BCUT2D eigenvalue weighted by Gasteiger charge is 2.17. The van der Waals surface area contributed by atoms with Crippen LogP contribution in [0.5, 0.6) is 11.5 Å². The molecule has 4 heteroatoms. The van der Waals surface area contributed by atoms with E-state index in [4.69, 9.17) is 0 Å². The molecule has 104 valence electrons. The zero-order chi connectivity index (χ0) is 14.9. The molecule has 1 aromatic carbocycles. The fourth-order valence-corrected chi connectivity index (χ4v) is 2.28. The van der Waals surface area contributed by atoms with E-state index in [1.54, 1.807) is 26.0 Å². The lowest BCUT2D eigenvalue weighted by Gasteiger charge is -2.10. The van der Waals surface area contributed by atoms with Gasteiger partial charge < -0.3 is 10.2 Å². The molecule has 0 radical (unpaired) electrons. The molecule has 0 bridgehead atoms.